The Hall–Kier alpha value is -1.35. The molecular formula is C16H20ClNO2. The van der Waals surface area contributed by atoms with Gasteiger partial charge in [0, 0.05) is 12.1 Å². The Balaban J connectivity index is 2.19. The molecule has 1 saturated heterocycles. The third-order valence-corrected chi connectivity index (χ3v) is 4.03. The van der Waals surface area contributed by atoms with Gasteiger partial charge >= 0.3 is 0 Å². The van der Waals surface area contributed by atoms with E-state index in [1.54, 1.807) is 4.90 Å². The lowest BCUT2D eigenvalue weighted by Crippen LogP contribution is -2.38. The van der Waals surface area contributed by atoms with E-state index in [1.165, 1.54) is 5.56 Å². The Morgan fingerprint density at radius 1 is 1.20 bits per heavy atom. The summed E-state index contributed by atoms with van der Waals surface area (Å²) in [5, 5.41) is -0.442. The van der Waals surface area contributed by atoms with Crippen LogP contribution in [-0.4, -0.2) is 28.6 Å². The molecule has 2 rings (SSSR count). The topological polar surface area (TPSA) is 37.4 Å². The average molecular weight is 294 g/mol. The number of hydrogen-bond acceptors (Lipinski definition) is 2. The van der Waals surface area contributed by atoms with E-state index in [-0.39, 0.29) is 11.3 Å². The fourth-order valence-corrected chi connectivity index (χ4v) is 2.75. The molecule has 1 amide bonds. The Morgan fingerprint density at radius 3 is 2.30 bits per heavy atom. The van der Waals surface area contributed by atoms with Crippen LogP contribution in [0.5, 0.6) is 0 Å². The monoisotopic (exact) mass is 293 g/mol. The van der Waals surface area contributed by atoms with Crippen LogP contribution < -0.4 is 0 Å². The summed E-state index contributed by atoms with van der Waals surface area (Å²) in [5.74, 6) is -0.109. The van der Waals surface area contributed by atoms with E-state index in [0.717, 1.165) is 6.42 Å². The minimum absolute atomic E-state index is 0.0594. The van der Waals surface area contributed by atoms with Crippen LogP contribution in [-0.2, 0) is 10.2 Å². The molecule has 1 aromatic rings. The minimum atomic E-state index is -0.466. The fraction of sp³-hybridized carbons (Fsp3) is 0.500. The molecule has 1 aromatic carbocycles. The zero-order valence-electron chi connectivity index (χ0n) is 12.1. The number of benzene rings is 1. The van der Waals surface area contributed by atoms with Crippen LogP contribution in [0.15, 0.2) is 24.3 Å². The van der Waals surface area contributed by atoms with E-state index >= 15 is 0 Å². The van der Waals surface area contributed by atoms with Gasteiger partial charge in [-0.25, -0.2) is 0 Å². The van der Waals surface area contributed by atoms with Crippen LogP contribution in [0.1, 0.15) is 49.5 Å². The van der Waals surface area contributed by atoms with Crippen molar-refractivity contribution in [3.8, 4) is 0 Å². The highest BCUT2D eigenvalue weighted by Gasteiger charge is 2.33. The van der Waals surface area contributed by atoms with Crippen LogP contribution in [0, 0.1) is 0 Å². The predicted octanol–water partition coefficient (Wildman–Crippen LogP) is 3.35. The summed E-state index contributed by atoms with van der Waals surface area (Å²) >= 11 is 5.56. The summed E-state index contributed by atoms with van der Waals surface area (Å²) in [4.78, 5) is 25.4. The first kappa shape index (κ1) is 15.0. The van der Waals surface area contributed by atoms with Gasteiger partial charge in [0.15, 0.2) is 0 Å². The highest BCUT2D eigenvalue weighted by atomic mass is 35.5. The van der Waals surface area contributed by atoms with Crippen molar-refractivity contribution < 1.29 is 9.59 Å². The number of likely N-dealkylation sites (tertiary alicyclic amines) is 1. The zero-order valence-corrected chi connectivity index (χ0v) is 12.9. The first-order chi connectivity index (χ1) is 9.30. The molecule has 0 aliphatic carbocycles. The van der Waals surface area contributed by atoms with E-state index in [4.69, 9.17) is 11.6 Å². The number of amides is 1. The van der Waals surface area contributed by atoms with Crippen molar-refractivity contribution in [1.29, 1.82) is 0 Å². The highest BCUT2D eigenvalue weighted by molar-refractivity contribution is 6.64. The smallest absolute Gasteiger partial charge is 0.254 e. The van der Waals surface area contributed by atoms with Crippen LogP contribution in [0.4, 0.5) is 0 Å². The molecule has 1 fully saturated rings. The van der Waals surface area contributed by atoms with E-state index in [1.807, 2.05) is 24.3 Å². The van der Waals surface area contributed by atoms with Gasteiger partial charge in [0.1, 0.15) is 6.04 Å². The molecule has 1 aliphatic heterocycles. The molecule has 0 N–H and O–H groups in total. The van der Waals surface area contributed by atoms with Gasteiger partial charge < -0.3 is 4.90 Å². The summed E-state index contributed by atoms with van der Waals surface area (Å²) < 4.78 is 0. The summed E-state index contributed by atoms with van der Waals surface area (Å²) in [6.07, 6.45) is 1.49. The van der Waals surface area contributed by atoms with Crippen molar-refractivity contribution in [2.45, 2.75) is 45.1 Å². The first-order valence-electron chi connectivity index (χ1n) is 6.91. The predicted molar refractivity (Wildman–Crippen MR) is 80.1 cm³/mol. The van der Waals surface area contributed by atoms with E-state index < -0.39 is 11.3 Å². The van der Waals surface area contributed by atoms with E-state index in [9.17, 15) is 9.59 Å². The second-order valence-electron chi connectivity index (χ2n) is 6.29. The third-order valence-electron chi connectivity index (χ3n) is 3.77. The molecule has 0 bridgehead atoms. The molecule has 1 unspecified atom stereocenters. The number of nitrogens with zero attached hydrogens (tertiary/aromatic N) is 1. The van der Waals surface area contributed by atoms with Gasteiger partial charge in [0.2, 0.25) is 5.24 Å². The van der Waals surface area contributed by atoms with Crippen LogP contribution in [0.3, 0.4) is 0 Å². The van der Waals surface area contributed by atoms with Gasteiger partial charge in [-0.1, -0.05) is 32.9 Å². The molecule has 108 valence electrons. The number of hydrogen-bond donors (Lipinski definition) is 0. The molecule has 0 radical (unpaired) electrons. The maximum Gasteiger partial charge on any atom is 0.254 e. The number of rotatable bonds is 2. The highest BCUT2D eigenvalue weighted by Crippen LogP contribution is 2.25. The van der Waals surface area contributed by atoms with Crippen molar-refractivity contribution in [3.63, 3.8) is 0 Å². The van der Waals surface area contributed by atoms with Crippen LogP contribution >= 0.6 is 11.6 Å². The molecule has 1 aliphatic rings. The van der Waals surface area contributed by atoms with Gasteiger partial charge in [-0.05, 0) is 47.6 Å². The molecule has 20 heavy (non-hydrogen) atoms. The van der Waals surface area contributed by atoms with Gasteiger partial charge in [0.25, 0.3) is 5.91 Å². The van der Waals surface area contributed by atoms with E-state index in [0.29, 0.717) is 18.5 Å². The van der Waals surface area contributed by atoms with Crippen molar-refractivity contribution in [1.82, 2.24) is 4.90 Å². The van der Waals surface area contributed by atoms with Crippen LogP contribution in [0.25, 0.3) is 0 Å². The maximum atomic E-state index is 12.4. The summed E-state index contributed by atoms with van der Waals surface area (Å²) in [6, 6.07) is 7.14. The van der Waals surface area contributed by atoms with Crippen LogP contribution in [0.2, 0.25) is 0 Å². The summed E-state index contributed by atoms with van der Waals surface area (Å²) in [6.45, 7) is 6.99. The normalized spacial score (nSPS) is 19.2. The second-order valence-corrected chi connectivity index (χ2v) is 6.66. The number of halogens is 1. The Morgan fingerprint density at radius 2 is 1.80 bits per heavy atom. The maximum absolute atomic E-state index is 12.4. The third kappa shape index (κ3) is 3.04. The number of carbonyl (C=O) groups is 2. The SMILES string of the molecule is CC(C)(C)c1ccc(C(=O)N2CCCC2C(=O)Cl)cc1. The van der Waals surface area contributed by atoms with Gasteiger partial charge in [-0.15, -0.1) is 0 Å². The molecule has 1 atom stereocenters. The molecule has 0 aromatic heterocycles. The summed E-state index contributed by atoms with van der Waals surface area (Å²) in [7, 11) is 0. The van der Waals surface area contributed by atoms with Crippen molar-refractivity contribution in [2.24, 2.45) is 0 Å². The first-order valence-corrected chi connectivity index (χ1v) is 7.29. The standard InChI is InChI=1S/C16H20ClNO2/c1-16(2,3)12-8-6-11(7-9-12)15(20)18-10-4-5-13(18)14(17)19/h6-9,13H,4-5,10H2,1-3H3. The largest absolute Gasteiger partial charge is 0.327 e. The van der Waals surface area contributed by atoms with Crippen molar-refractivity contribution in [2.75, 3.05) is 6.54 Å². The molecule has 0 saturated carbocycles. The Labute approximate surface area is 124 Å². The average Bonchev–Trinajstić information content (AvgIpc) is 2.86. The minimum Gasteiger partial charge on any atom is -0.327 e. The summed E-state index contributed by atoms with van der Waals surface area (Å²) in [5.41, 5.74) is 1.85. The quantitative estimate of drug-likeness (QED) is 0.784. The fourth-order valence-electron chi connectivity index (χ4n) is 2.52. The molecule has 4 heteroatoms. The van der Waals surface area contributed by atoms with Crippen molar-refractivity contribution in [3.05, 3.63) is 35.4 Å². The zero-order chi connectivity index (χ0) is 14.9. The Bertz CT molecular complexity index is 516. The molecular weight excluding hydrogens is 274 g/mol. The lowest BCUT2D eigenvalue weighted by atomic mass is 9.86. The lowest BCUT2D eigenvalue weighted by molar-refractivity contribution is -0.115. The van der Waals surface area contributed by atoms with Crippen molar-refractivity contribution >= 4 is 22.8 Å². The second kappa shape index (κ2) is 5.57. The molecule has 3 nitrogen and oxygen atoms in total. The van der Waals surface area contributed by atoms with Gasteiger partial charge in [0.05, 0.1) is 0 Å². The van der Waals surface area contributed by atoms with Gasteiger partial charge in [-0.3, -0.25) is 9.59 Å². The molecule has 0 spiro atoms. The lowest BCUT2D eigenvalue weighted by Gasteiger charge is -2.23. The Kier molecular flexibility index (Phi) is 4.19. The molecule has 1 heterocycles. The number of carbonyl (C=O) groups excluding carboxylic acids is 2. The van der Waals surface area contributed by atoms with E-state index in [2.05, 4.69) is 20.8 Å². The van der Waals surface area contributed by atoms with Gasteiger partial charge in [-0.2, -0.15) is 0 Å².